The van der Waals surface area contributed by atoms with Crippen LogP contribution in [-0.2, 0) is 15.0 Å². The van der Waals surface area contributed by atoms with Crippen molar-refractivity contribution in [2.75, 3.05) is 0 Å². The van der Waals surface area contributed by atoms with Crippen LogP contribution in [0.5, 0.6) is 0 Å². The van der Waals surface area contributed by atoms with Gasteiger partial charge in [0.1, 0.15) is 5.78 Å². The zero-order valence-corrected chi connectivity index (χ0v) is 16.2. The van der Waals surface area contributed by atoms with E-state index in [9.17, 15) is 14.7 Å². The number of hydrogen-bond acceptors (Lipinski definition) is 3. The molecule has 0 aromatic heterocycles. The number of rotatable bonds is 8. The van der Waals surface area contributed by atoms with Crippen molar-refractivity contribution in [2.24, 2.45) is 5.92 Å². The van der Waals surface area contributed by atoms with E-state index >= 15 is 0 Å². The molecule has 3 atom stereocenters. The number of aliphatic carboxylic acids is 1. The first kappa shape index (κ1) is 20.6. The Morgan fingerprint density at radius 3 is 2.27 bits per heavy atom. The van der Waals surface area contributed by atoms with E-state index < -0.39 is 12.1 Å². The predicted molar refractivity (Wildman–Crippen MR) is 102 cm³/mol. The minimum Gasteiger partial charge on any atom is -0.481 e. The molecule has 0 amide bonds. The zero-order chi connectivity index (χ0) is 19.3. The second-order valence-electron chi connectivity index (χ2n) is 8.59. The summed E-state index contributed by atoms with van der Waals surface area (Å²) >= 11 is 0. The first-order valence-electron chi connectivity index (χ1n) is 9.73. The van der Waals surface area contributed by atoms with Gasteiger partial charge in [-0.15, -0.1) is 0 Å². The van der Waals surface area contributed by atoms with Crippen LogP contribution in [0.4, 0.5) is 0 Å². The highest BCUT2D eigenvalue weighted by molar-refractivity contribution is 5.85. The average Bonchev–Trinajstić information content (AvgIpc) is 2.83. The van der Waals surface area contributed by atoms with Crippen molar-refractivity contribution in [1.82, 2.24) is 0 Å². The number of carbonyl (C=O) groups excluding carboxylic acids is 1. The summed E-state index contributed by atoms with van der Waals surface area (Å²) in [5.41, 5.74) is 2.38. The van der Waals surface area contributed by atoms with Crippen LogP contribution in [0.25, 0.3) is 0 Å². The lowest BCUT2D eigenvalue weighted by atomic mass is 9.81. The lowest BCUT2D eigenvalue weighted by Crippen LogP contribution is -2.19. The van der Waals surface area contributed by atoms with Crippen molar-refractivity contribution in [2.45, 2.75) is 83.2 Å². The van der Waals surface area contributed by atoms with Crippen LogP contribution in [0.1, 0.15) is 82.8 Å². The Kier molecular flexibility index (Phi) is 6.99. The molecule has 4 heteroatoms. The number of carboxylic acids is 1. The van der Waals surface area contributed by atoms with Crippen LogP contribution >= 0.6 is 0 Å². The summed E-state index contributed by atoms with van der Waals surface area (Å²) in [7, 11) is 0. The Labute approximate surface area is 156 Å². The lowest BCUT2D eigenvalue weighted by molar-refractivity contribution is -0.137. The van der Waals surface area contributed by atoms with Gasteiger partial charge in [0.2, 0.25) is 0 Å². The van der Waals surface area contributed by atoms with Crippen LogP contribution in [0, 0.1) is 5.92 Å². The summed E-state index contributed by atoms with van der Waals surface area (Å²) in [5.74, 6) is -0.828. The molecule has 0 spiro atoms. The van der Waals surface area contributed by atoms with E-state index in [2.05, 4.69) is 45.0 Å². The summed E-state index contributed by atoms with van der Waals surface area (Å²) in [4.78, 5) is 22.9. The third-order valence-corrected chi connectivity index (χ3v) is 5.49. The number of aliphatic hydroxyl groups excluding tert-OH is 1. The Morgan fingerprint density at radius 1 is 1.08 bits per heavy atom. The Hall–Kier alpha value is -1.68. The van der Waals surface area contributed by atoms with Gasteiger partial charge in [0.05, 0.1) is 6.10 Å². The Balaban J connectivity index is 1.97. The topological polar surface area (TPSA) is 74.6 Å². The SMILES string of the molecule is CC(C)(C)c1ccc([C@H]2[C@H](O)CC(=O)[C@@H]2CCCCCCC(=O)O)cc1. The van der Waals surface area contributed by atoms with Crippen LogP contribution in [0.3, 0.4) is 0 Å². The van der Waals surface area contributed by atoms with E-state index in [1.165, 1.54) is 5.56 Å². The van der Waals surface area contributed by atoms with Crippen molar-refractivity contribution in [1.29, 1.82) is 0 Å². The summed E-state index contributed by atoms with van der Waals surface area (Å²) < 4.78 is 0. The second kappa shape index (κ2) is 8.81. The average molecular weight is 360 g/mol. The highest BCUT2D eigenvalue weighted by Crippen LogP contribution is 2.41. The van der Waals surface area contributed by atoms with Crippen molar-refractivity contribution >= 4 is 11.8 Å². The number of ketones is 1. The van der Waals surface area contributed by atoms with Crippen molar-refractivity contribution < 1.29 is 19.8 Å². The molecule has 0 unspecified atom stereocenters. The molecule has 0 bridgehead atoms. The number of unbranched alkanes of at least 4 members (excludes halogenated alkanes) is 3. The smallest absolute Gasteiger partial charge is 0.303 e. The molecule has 1 aromatic carbocycles. The predicted octanol–water partition coefficient (Wildman–Crippen LogP) is 4.44. The van der Waals surface area contributed by atoms with E-state index in [0.717, 1.165) is 31.2 Å². The van der Waals surface area contributed by atoms with Crippen LogP contribution < -0.4 is 0 Å². The third-order valence-electron chi connectivity index (χ3n) is 5.49. The normalized spacial score (nSPS) is 23.4. The van der Waals surface area contributed by atoms with Gasteiger partial charge >= 0.3 is 5.97 Å². The van der Waals surface area contributed by atoms with Gasteiger partial charge < -0.3 is 10.2 Å². The molecule has 1 aliphatic rings. The maximum atomic E-state index is 12.4. The van der Waals surface area contributed by atoms with E-state index in [-0.39, 0.29) is 35.9 Å². The maximum Gasteiger partial charge on any atom is 0.303 e. The van der Waals surface area contributed by atoms with E-state index in [4.69, 9.17) is 5.11 Å². The minimum absolute atomic E-state index is 0.0813. The van der Waals surface area contributed by atoms with Gasteiger partial charge in [-0.2, -0.15) is 0 Å². The molecular formula is C22H32O4. The molecule has 0 radical (unpaired) electrons. The molecule has 26 heavy (non-hydrogen) atoms. The fourth-order valence-corrected chi connectivity index (χ4v) is 3.95. The molecule has 1 aliphatic carbocycles. The van der Waals surface area contributed by atoms with Crippen molar-refractivity contribution in [3.8, 4) is 0 Å². The highest BCUT2D eigenvalue weighted by Gasteiger charge is 2.41. The monoisotopic (exact) mass is 360 g/mol. The molecule has 2 N–H and O–H groups in total. The standard InChI is InChI=1S/C22H32O4/c1-22(2,3)16-12-10-15(11-13-16)21-17(18(23)14-19(21)24)8-6-4-5-7-9-20(25)26/h10-13,17,19,21,24H,4-9,14H2,1-3H3,(H,25,26)/t17-,19+,21+/m0/s1. The fourth-order valence-electron chi connectivity index (χ4n) is 3.95. The van der Waals surface area contributed by atoms with E-state index in [0.29, 0.717) is 6.42 Å². The number of aliphatic hydroxyl groups is 1. The van der Waals surface area contributed by atoms with E-state index in [1.807, 2.05) is 0 Å². The van der Waals surface area contributed by atoms with E-state index in [1.54, 1.807) is 0 Å². The van der Waals surface area contributed by atoms with Gasteiger partial charge in [0.25, 0.3) is 0 Å². The van der Waals surface area contributed by atoms with Gasteiger partial charge in [-0.05, 0) is 29.4 Å². The van der Waals surface area contributed by atoms with Gasteiger partial charge in [-0.1, -0.05) is 64.3 Å². The maximum absolute atomic E-state index is 12.4. The van der Waals surface area contributed by atoms with Crippen LogP contribution in [0.2, 0.25) is 0 Å². The molecule has 4 nitrogen and oxygen atoms in total. The fraction of sp³-hybridized carbons (Fsp3) is 0.636. The second-order valence-corrected chi connectivity index (χ2v) is 8.59. The Morgan fingerprint density at radius 2 is 1.69 bits per heavy atom. The summed E-state index contributed by atoms with van der Waals surface area (Å²) in [5, 5.41) is 19.1. The summed E-state index contributed by atoms with van der Waals surface area (Å²) in [6.45, 7) is 6.51. The molecule has 1 saturated carbocycles. The van der Waals surface area contributed by atoms with Gasteiger partial charge in [-0.25, -0.2) is 0 Å². The number of carboxylic acid groups (broad SMARTS) is 1. The van der Waals surface area contributed by atoms with Gasteiger partial charge in [0.15, 0.2) is 0 Å². The van der Waals surface area contributed by atoms with Crippen LogP contribution in [-0.4, -0.2) is 28.1 Å². The molecule has 144 valence electrons. The summed E-state index contributed by atoms with van der Waals surface area (Å²) in [6.07, 6.45) is 4.03. The highest BCUT2D eigenvalue weighted by atomic mass is 16.4. The first-order chi connectivity index (χ1) is 12.2. The van der Waals surface area contributed by atoms with Gasteiger partial charge in [0, 0.05) is 24.7 Å². The van der Waals surface area contributed by atoms with Crippen molar-refractivity contribution in [3.63, 3.8) is 0 Å². The molecular weight excluding hydrogens is 328 g/mol. The van der Waals surface area contributed by atoms with Crippen molar-refractivity contribution in [3.05, 3.63) is 35.4 Å². The molecule has 0 heterocycles. The Bertz CT molecular complexity index is 612. The first-order valence-corrected chi connectivity index (χ1v) is 9.73. The quantitative estimate of drug-likeness (QED) is 0.672. The largest absolute Gasteiger partial charge is 0.481 e. The number of carbonyl (C=O) groups is 2. The summed E-state index contributed by atoms with van der Waals surface area (Å²) in [6, 6.07) is 8.33. The number of benzene rings is 1. The molecule has 2 rings (SSSR count). The number of hydrogen-bond donors (Lipinski definition) is 2. The molecule has 1 aromatic rings. The third kappa shape index (κ3) is 5.41. The zero-order valence-electron chi connectivity index (χ0n) is 16.2. The van der Waals surface area contributed by atoms with Crippen LogP contribution in [0.15, 0.2) is 24.3 Å². The minimum atomic E-state index is -0.752. The van der Waals surface area contributed by atoms with Gasteiger partial charge in [-0.3, -0.25) is 9.59 Å². The molecule has 0 aliphatic heterocycles. The lowest BCUT2D eigenvalue weighted by Gasteiger charge is -2.24. The molecule has 0 saturated heterocycles. The molecule has 1 fully saturated rings. The number of Topliss-reactive ketones (excluding diaryl/α,β-unsaturated/α-hetero) is 1.